The number of hydrogen-bond donors (Lipinski definition) is 0. The summed E-state index contributed by atoms with van der Waals surface area (Å²) in [5.74, 6) is 0.974. The van der Waals surface area contributed by atoms with Gasteiger partial charge in [0.1, 0.15) is 0 Å². The summed E-state index contributed by atoms with van der Waals surface area (Å²) in [6, 6.07) is 6.62. The summed E-state index contributed by atoms with van der Waals surface area (Å²) in [7, 11) is 0. The van der Waals surface area contributed by atoms with Gasteiger partial charge in [-0.1, -0.05) is 39.8 Å². The van der Waals surface area contributed by atoms with Crippen molar-refractivity contribution in [2.45, 2.75) is 46.5 Å². The van der Waals surface area contributed by atoms with Crippen molar-refractivity contribution in [3.05, 3.63) is 39.5 Å². The molecule has 1 nitrogen and oxygen atoms in total. The maximum absolute atomic E-state index is 4.83. The number of fused-ring (bicyclic) bond motifs is 1. The summed E-state index contributed by atoms with van der Waals surface area (Å²) in [5, 5.41) is 1.27. The maximum atomic E-state index is 4.83. The van der Waals surface area contributed by atoms with Crippen molar-refractivity contribution in [2.75, 3.05) is 0 Å². The van der Waals surface area contributed by atoms with Crippen molar-refractivity contribution in [1.82, 2.24) is 4.98 Å². The number of nitrogens with zero attached hydrogens (tertiary/aromatic N) is 1. The number of halogens is 1. The minimum Gasteiger partial charge on any atom is -0.251 e. The van der Waals surface area contributed by atoms with Crippen LogP contribution < -0.4 is 0 Å². The lowest BCUT2D eigenvalue weighted by Gasteiger charge is -2.15. The lowest BCUT2D eigenvalue weighted by molar-refractivity contribution is 0.811. The van der Waals surface area contributed by atoms with Crippen LogP contribution in [0.2, 0.25) is 0 Å². The highest BCUT2D eigenvalue weighted by molar-refractivity contribution is 9.10. The zero-order chi connectivity index (χ0) is 13.4. The third-order valence-electron chi connectivity index (χ3n) is 3.38. The smallest absolute Gasteiger partial charge is 0.0852 e. The highest BCUT2D eigenvalue weighted by Crippen LogP contribution is 2.33. The van der Waals surface area contributed by atoms with E-state index in [1.165, 1.54) is 22.2 Å². The largest absolute Gasteiger partial charge is 0.251 e. The van der Waals surface area contributed by atoms with Gasteiger partial charge in [0, 0.05) is 15.6 Å². The Hall–Kier alpha value is -0.890. The van der Waals surface area contributed by atoms with Crippen molar-refractivity contribution >= 4 is 26.8 Å². The molecule has 0 bridgehead atoms. The predicted molar refractivity (Wildman–Crippen MR) is 82.4 cm³/mol. The fraction of sp³-hybridized carbons (Fsp3) is 0.438. The Morgan fingerprint density at radius 2 is 1.72 bits per heavy atom. The second kappa shape index (κ2) is 5.00. The van der Waals surface area contributed by atoms with Crippen LogP contribution in [0.3, 0.4) is 0 Å². The van der Waals surface area contributed by atoms with Crippen molar-refractivity contribution in [2.24, 2.45) is 0 Å². The van der Waals surface area contributed by atoms with E-state index < -0.39 is 0 Å². The molecule has 18 heavy (non-hydrogen) atoms. The summed E-state index contributed by atoms with van der Waals surface area (Å²) in [5.41, 5.74) is 4.91. The topological polar surface area (TPSA) is 12.9 Å². The van der Waals surface area contributed by atoms with Gasteiger partial charge in [0.15, 0.2) is 0 Å². The lowest BCUT2D eigenvalue weighted by Crippen LogP contribution is -2.00. The van der Waals surface area contributed by atoms with Crippen LogP contribution in [0.5, 0.6) is 0 Å². The van der Waals surface area contributed by atoms with Crippen molar-refractivity contribution in [3.8, 4) is 0 Å². The van der Waals surface area contributed by atoms with Gasteiger partial charge in [0.25, 0.3) is 0 Å². The normalized spacial score (nSPS) is 11.8. The average Bonchev–Trinajstić information content (AvgIpc) is 2.32. The Balaban J connectivity index is 2.85. The molecule has 2 aromatic rings. The van der Waals surface area contributed by atoms with E-state index in [1.54, 1.807) is 0 Å². The Bertz CT molecular complexity index is 585. The molecule has 0 aliphatic carbocycles. The van der Waals surface area contributed by atoms with Crippen LogP contribution in [0.4, 0.5) is 0 Å². The highest BCUT2D eigenvalue weighted by atomic mass is 79.9. The molecule has 0 spiro atoms. The molecule has 0 fully saturated rings. The van der Waals surface area contributed by atoms with E-state index in [2.05, 4.69) is 68.7 Å². The van der Waals surface area contributed by atoms with Crippen LogP contribution in [0, 0.1) is 6.92 Å². The number of pyridine rings is 1. The summed E-state index contributed by atoms with van der Waals surface area (Å²) in [6.45, 7) is 11.0. The lowest BCUT2D eigenvalue weighted by atomic mass is 9.95. The Morgan fingerprint density at radius 3 is 2.28 bits per heavy atom. The molecule has 0 aliphatic heterocycles. The van der Waals surface area contributed by atoms with Crippen LogP contribution in [-0.4, -0.2) is 4.98 Å². The molecule has 1 aromatic carbocycles. The van der Waals surface area contributed by atoms with Crippen LogP contribution in [0.25, 0.3) is 10.9 Å². The van der Waals surface area contributed by atoms with Crippen molar-refractivity contribution in [1.29, 1.82) is 0 Å². The quantitative estimate of drug-likeness (QED) is 0.708. The first-order valence-electron chi connectivity index (χ1n) is 6.51. The van der Waals surface area contributed by atoms with Gasteiger partial charge in [-0.05, 0) is 51.9 Å². The maximum Gasteiger partial charge on any atom is 0.0852 e. The van der Waals surface area contributed by atoms with E-state index in [0.717, 1.165) is 9.99 Å². The molecule has 1 aromatic heterocycles. The molecular formula is C16H20BrN. The van der Waals surface area contributed by atoms with Gasteiger partial charge in [-0.3, -0.25) is 4.98 Å². The van der Waals surface area contributed by atoms with Gasteiger partial charge in [0.05, 0.1) is 5.52 Å². The average molecular weight is 306 g/mol. The van der Waals surface area contributed by atoms with Gasteiger partial charge in [-0.25, -0.2) is 0 Å². The molecule has 0 saturated heterocycles. The molecule has 0 saturated carbocycles. The Kier molecular flexibility index (Phi) is 3.76. The van der Waals surface area contributed by atoms with E-state index in [-0.39, 0.29) is 0 Å². The Labute approximate surface area is 118 Å². The second-order valence-corrected chi connectivity index (χ2v) is 6.33. The summed E-state index contributed by atoms with van der Waals surface area (Å²) < 4.78 is 1.13. The minimum absolute atomic E-state index is 0.458. The summed E-state index contributed by atoms with van der Waals surface area (Å²) in [4.78, 5) is 4.83. The molecule has 0 unspecified atom stereocenters. The number of rotatable bonds is 2. The van der Waals surface area contributed by atoms with E-state index in [9.17, 15) is 0 Å². The van der Waals surface area contributed by atoms with E-state index in [1.807, 2.05) is 0 Å². The SMILES string of the molecule is Cc1ccc2c(C(C)C)cc(C(C)C)nc2c1Br. The van der Waals surface area contributed by atoms with Crippen LogP contribution in [-0.2, 0) is 0 Å². The van der Waals surface area contributed by atoms with Gasteiger partial charge in [-0.15, -0.1) is 0 Å². The fourth-order valence-electron chi connectivity index (χ4n) is 2.18. The standard InChI is InChI=1S/C16H20BrN/c1-9(2)13-8-14(10(3)4)18-16-12(13)7-6-11(5)15(16)17/h6-10H,1-5H3. The molecule has 96 valence electrons. The van der Waals surface area contributed by atoms with Gasteiger partial charge in [-0.2, -0.15) is 0 Å². The van der Waals surface area contributed by atoms with E-state index >= 15 is 0 Å². The third kappa shape index (κ3) is 2.31. The fourth-order valence-corrected chi connectivity index (χ4v) is 2.61. The second-order valence-electron chi connectivity index (χ2n) is 5.54. The Morgan fingerprint density at radius 1 is 1.06 bits per heavy atom. The molecule has 0 atom stereocenters. The summed E-state index contributed by atoms with van der Waals surface area (Å²) >= 11 is 3.68. The molecular weight excluding hydrogens is 286 g/mol. The molecule has 0 radical (unpaired) electrons. The number of hydrogen-bond acceptors (Lipinski definition) is 1. The van der Waals surface area contributed by atoms with Crippen molar-refractivity contribution in [3.63, 3.8) is 0 Å². The van der Waals surface area contributed by atoms with Gasteiger partial charge in [0.2, 0.25) is 0 Å². The molecule has 2 rings (SSSR count). The molecule has 1 heterocycles. The van der Waals surface area contributed by atoms with Crippen LogP contribution in [0.1, 0.15) is 56.4 Å². The van der Waals surface area contributed by atoms with Crippen LogP contribution >= 0.6 is 15.9 Å². The highest BCUT2D eigenvalue weighted by Gasteiger charge is 2.13. The number of aryl methyl sites for hydroxylation is 1. The zero-order valence-corrected chi connectivity index (χ0v) is 13.3. The number of aromatic nitrogens is 1. The number of benzene rings is 1. The summed E-state index contributed by atoms with van der Waals surface area (Å²) in [6.07, 6.45) is 0. The first kappa shape index (κ1) is 13.5. The van der Waals surface area contributed by atoms with E-state index in [0.29, 0.717) is 11.8 Å². The molecule has 0 N–H and O–H groups in total. The zero-order valence-electron chi connectivity index (χ0n) is 11.7. The van der Waals surface area contributed by atoms with Gasteiger partial charge < -0.3 is 0 Å². The first-order valence-corrected chi connectivity index (χ1v) is 7.30. The monoisotopic (exact) mass is 305 g/mol. The minimum atomic E-state index is 0.458. The third-order valence-corrected chi connectivity index (χ3v) is 4.38. The van der Waals surface area contributed by atoms with Crippen molar-refractivity contribution < 1.29 is 0 Å². The van der Waals surface area contributed by atoms with Gasteiger partial charge >= 0.3 is 0 Å². The first-order chi connectivity index (χ1) is 8.41. The molecule has 0 aliphatic rings. The molecule has 2 heteroatoms. The molecule has 0 amide bonds. The van der Waals surface area contributed by atoms with Crippen LogP contribution in [0.15, 0.2) is 22.7 Å². The van der Waals surface area contributed by atoms with E-state index in [4.69, 9.17) is 4.98 Å². The predicted octanol–water partition coefficient (Wildman–Crippen LogP) is 5.55.